The highest BCUT2D eigenvalue weighted by Crippen LogP contribution is 2.37. The SMILES string of the molecule is O=C(c1ccc(F)c(F)c1)c1c(-c2ccccc2Cl)noc1-c1ccc(OC2CCCCO2)cc1. The van der Waals surface area contributed by atoms with E-state index in [9.17, 15) is 13.6 Å². The fourth-order valence-electron chi connectivity index (χ4n) is 3.96. The van der Waals surface area contributed by atoms with Crippen molar-refractivity contribution in [3.05, 3.63) is 94.5 Å². The normalized spacial score (nSPS) is 15.7. The minimum absolute atomic E-state index is 0.0453. The Labute approximate surface area is 205 Å². The van der Waals surface area contributed by atoms with Gasteiger partial charge < -0.3 is 14.0 Å². The zero-order valence-corrected chi connectivity index (χ0v) is 19.2. The number of benzene rings is 3. The van der Waals surface area contributed by atoms with Crippen LogP contribution in [0.3, 0.4) is 0 Å². The standard InChI is InChI=1S/C27H20ClF2NO4/c28-20-6-2-1-5-19(20)25-24(26(32)17-10-13-21(29)22(30)15-17)27(35-31-25)16-8-11-18(12-9-16)34-23-7-3-4-14-33-23/h1-2,5-6,8-13,15,23H,3-4,7,14H2. The third kappa shape index (κ3) is 4.83. The first-order valence-corrected chi connectivity index (χ1v) is 11.5. The molecule has 4 aromatic rings. The summed E-state index contributed by atoms with van der Waals surface area (Å²) in [5, 5.41) is 4.49. The maximum atomic E-state index is 13.9. The Morgan fingerprint density at radius 3 is 2.51 bits per heavy atom. The number of carbonyl (C=O) groups excluding carboxylic acids is 1. The molecule has 2 heterocycles. The van der Waals surface area contributed by atoms with Gasteiger partial charge in [0.15, 0.2) is 29.5 Å². The first kappa shape index (κ1) is 23.2. The summed E-state index contributed by atoms with van der Waals surface area (Å²) >= 11 is 6.37. The molecule has 0 spiro atoms. The van der Waals surface area contributed by atoms with Crippen LogP contribution in [0, 0.1) is 11.6 Å². The van der Waals surface area contributed by atoms with Gasteiger partial charge in [0.2, 0.25) is 0 Å². The number of ketones is 1. The lowest BCUT2D eigenvalue weighted by atomic mass is 9.95. The summed E-state index contributed by atoms with van der Waals surface area (Å²) < 4.78 is 44.5. The molecule has 0 N–H and O–H groups in total. The Morgan fingerprint density at radius 1 is 1.00 bits per heavy atom. The third-order valence-electron chi connectivity index (χ3n) is 5.75. The van der Waals surface area contributed by atoms with Crippen LogP contribution in [-0.2, 0) is 4.74 Å². The summed E-state index contributed by atoms with van der Waals surface area (Å²) in [5.74, 6) is -1.96. The van der Waals surface area contributed by atoms with Gasteiger partial charge >= 0.3 is 0 Å². The number of rotatable bonds is 6. The van der Waals surface area contributed by atoms with Gasteiger partial charge in [0.1, 0.15) is 11.4 Å². The summed E-state index contributed by atoms with van der Waals surface area (Å²) in [7, 11) is 0. The molecule has 1 atom stereocenters. The fourth-order valence-corrected chi connectivity index (χ4v) is 4.18. The monoisotopic (exact) mass is 495 g/mol. The van der Waals surface area contributed by atoms with Crippen LogP contribution >= 0.6 is 11.6 Å². The second-order valence-corrected chi connectivity index (χ2v) is 8.52. The molecule has 5 rings (SSSR count). The molecule has 35 heavy (non-hydrogen) atoms. The molecule has 8 heteroatoms. The first-order chi connectivity index (χ1) is 17.0. The molecule has 1 aliphatic rings. The molecule has 1 fully saturated rings. The third-order valence-corrected chi connectivity index (χ3v) is 6.08. The molecule has 1 aromatic heterocycles. The number of ether oxygens (including phenoxy) is 2. The van der Waals surface area contributed by atoms with Crippen molar-refractivity contribution in [1.29, 1.82) is 0 Å². The molecular weight excluding hydrogens is 476 g/mol. The van der Waals surface area contributed by atoms with Crippen molar-refractivity contribution < 1.29 is 27.6 Å². The maximum Gasteiger partial charge on any atom is 0.199 e. The van der Waals surface area contributed by atoms with Gasteiger partial charge in [-0.25, -0.2) is 8.78 Å². The molecule has 0 amide bonds. The molecule has 178 valence electrons. The Hall–Kier alpha value is -3.55. The van der Waals surface area contributed by atoms with E-state index in [4.69, 9.17) is 25.6 Å². The molecule has 0 radical (unpaired) electrons. The predicted octanol–water partition coefficient (Wildman–Crippen LogP) is 7.08. The van der Waals surface area contributed by atoms with Gasteiger partial charge in [0.25, 0.3) is 0 Å². The second-order valence-electron chi connectivity index (χ2n) is 8.11. The minimum atomic E-state index is -1.13. The lowest BCUT2D eigenvalue weighted by Gasteiger charge is -2.23. The number of hydrogen-bond acceptors (Lipinski definition) is 5. The van der Waals surface area contributed by atoms with Crippen LogP contribution in [0.25, 0.3) is 22.6 Å². The Bertz CT molecular complexity index is 1360. The van der Waals surface area contributed by atoms with Crippen LogP contribution in [0.2, 0.25) is 5.02 Å². The Kier molecular flexibility index (Phi) is 6.61. The molecule has 5 nitrogen and oxygen atoms in total. The van der Waals surface area contributed by atoms with Crippen molar-refractivity contribution in [3.63, 3.8) is 0 Å². The van der Waals surface area contributed by atoms with E-state index in [1.54, 1.807) is 48.5 Å². The summed E-state index contributed by atoms with van der Waals surface area (Å²) in [4.78, 5) is 13.5. The number of carbonyl (C=O) groups is 1. The van der Waals surface area contributed by atoms with Crippen LogP contribution in [0.5, 0.6) is 5.75 Å². The van der Waals surface area contributed by atoms with Gasteiger partial charge in [-0.05, 0) is 61.4 Å². The topological polar surface area (TPSA) is 61.6 Å². The van der Waals surface area contributed by atoms with E-state index in [0.29, 0.717) is 28.5 Å². The first-order valence-electron chi connectivity index (χ1n) is 11.1. The van der Waals surface area contributed by atoms with Crippen LogP contribution in [-0.4, -0.2) is 23.8 Å². The lowest BCUT2D eigenvalue weighted by molar-refractivity contribution is -0.105. The lowest BCUT2D eigenvalue weighted by Crippen LogP contribution is -2.24. The predicted molar refractivity (Wildman–Crippen MR) is 126 cm³/mol. The highest BCUT2D eigenvalue weighted by molar-refractivity contribution is 6.33. The number of aromatic nitrogens is 1. The van der Waals surface area contributed by atoms with Gasteiger partial charge in [-0.1, -0.05) is 35.0 Å². The van der Waals surface area contributed by atoms with Gasteiger partial charge in [-0.3, -0.25) is 4.79 Å². The van der Waals surface area contributed by atoms with Gasteiger partial charge in [0.05, 0.1) is 17.2 Å². The summed E-state index contributed by atoms with van der Waals surface area (Å²) in [6.45, 7) is 0.668. The van der Waals surface area contributed by atoms with Crippen LogP contribution in [0.4, 0.5) is 8.78 Å². The zero-order chi connectivity index (χ0) is 24.4. The van der Waals surface area contributed by atoms with Crippen molar-refractivity contribution in [2.24, 2.45) is 0 Å². The Morgan fingerprint density at radius 2 is 1.80 bits per heavy atom. The van der Waals surface area contributed by atoms with E-state index < -0.39 is 17.4 Å². The van der Waals surface area contributed by atoms with E-state index in [1.165, 1.54) is 6.07 Å². The minimum Gasteiger partial charge on any atom is -0.465 e. The van der Waals surface area contributed by atoms with E-state index in [1.807, 2.05) is 0 Å². The quantitative estimate of drug-likeness (QED) is 0.267. The van der Waals surface area contributed by atoms with E-state index >= 15 is 0 Å². The van der Waals surface area contributed by atoms with Crippen molar-refractivity contribution in [1.82, 2.24) is 5.16 Å². The highest BCUT2D eigenvalue weighted by atomic mass is 35.5. The molecule has 1 aliphatic heterocycles. The summed E-state index contributed by atoms with van der Waals surface area (Å²) in [6, 6.07) is 16.8. The summed E-state index contributed by atoms with van der Waals surface area (Å²) in [5.41, 5.74) is 1.28. The zero-order valence-electron chi connectivity index (χ0n) is 18.5. The molecule has 3 aromatic carbocycles. The van der Waals surface area contributed by atoms with Crippen molar-refractivity contribution >= 4 is 17.4 Å². The summed E-state index contributed by atoms with van der Waals surface area (Å²) in [6.07, 6.45) is 2.59. The molecule has 1 saturated heterocycles. The molecule has 0 aliphatic carbocycles. The molecule has 0 saturated carbocycles. The number of hydrogen-bond donors (Lipinski definition) is 0. The van der Waals surface area contributed by atoms with Gasteiger partial charge in [-0.15, -0.1) is 0 Å². The average Bonchev–Trinajstić information content (AvgIpc) is 3.31. The molecule has 0 bridgehead atoms. The number of nitrogens with zero attached hydrogens (tertiary/aromatic N) is 1. The largest absolute Gasteiger partial charge is 0.465 e. The van der Waals surface area contributed by atoms with Crippen molar-refractivity contribution in [3.8, 4) is 28.3 Å². The van der Waals surface area contributed by atoms with E-state index in [0.717, 1.165) is 31.4 Å². The Balaban J connectivity index is 1.55. The average molecular weight is 496 g/mol. The maximum absolute atomic E-state index is 13.9. The van der Waals surface area contributed by atoms with Crippen LogP contribution < -0.4 is 4.74 Å². The molecular formula is C27H20ClF2NO4. The smallest absolute Gasteiger partial charge is 0.199 e. The van der Waals surface area contributed by atoms with Crippen LogP contribution in [0.15, 0.2) is 71.3 Å². The number of halogens is 3. The van der Waals surface area contributed by atoms with Crippen molar-refractivity contribution in [2.45, 2.75) is 25.6 Å². The second kappa shape index (κ2) is 9.98. The van der Waals surface area contributed by atoms with Gasteiger partial charge in [0, 0.05) is 23.1 Å². The fraction of sp³-hybridized carbons (Fsp3) is 0.185. The molecule has 1 unspecified atom stereocenters. The van der Waals surface area contributed by atoms with Gasteiger partial charge in [-0.2, -0.15) is 0 Å². The van der Waals surface area contributed by atoms with E-state index in [-0.39, 0.29) is 28.9 Å². The highest BCUT2D eigenvalue weighted by Gasteiger charge is 2.28. The van der Waals surface area contributed by atoms with Crippen molar-refractivity contribution in [2.75, 3.05) is 6.61 Å². The van der Waals surface area contributed by atoms with Crippen LogP contribution in [0.1, 0.15) is 35.2 Å². The van der Waals surface area contributed by atoms with E-state index in [2.05, 4.69) is 5.16 Å².